The Morgan fingerprint density at radius 2 is 1.72 bits per heavy atom. The molecule has 2 aliphatic rings. The molecule has 0 aliphatic carbocycles. The van der Waals surface area contributed by atoms with Crippen LogP contribution in [-0.4, -0.2) is 67.8 Å². The zero-order valence-corrected chi connectivity index (χ0v) is 26.0. The minimum atomic E-state index is -0.282. The second-order valence-electron chi connectivity index (χ2n) is 12.4. The lowest BCUT2D eigenvalue weighted by atomic mass is 9.96. The largest absolute Gasteiger partial charge is 0.478 e. The Morgan fingerprint density at radius 1 is 0.930 bits per heavy atom. The van der Waals surface area contributed by atoms with Crippen molar-refractivity contribution in [2.24, 2.45) is 11.8 Å². The topological polar surface area (TPSA) is 75.2 Å². The van der Waals surface area contributed by atoms with Gasteiger partial charge in [-0.05, 0) is 67.1 Å². The number of amides is 1. The van der Waals surface area contributed by atoms with Crippen LogP contribution in [0, 0.1) is 11.8 Å². The predicted molar refractivity (Wildman–Crippen MR) is 172 cm³/mol. The highest BCUT2D eigenvalue weighted by atomic mass is 16.5. The number of carbonyl (C=O) groups excluding carboxylic acids is 2. The fraction of sp³-hybridized carbons (Fsp3) is 0.514. The van der Waals surface area contributed by atoms with Gasteiger partial charge in [0.1, 0.15) is 5.82 Å². The maximum absolute atomic E-state index is 12.7. The molecule has 1 saturated heterocycles. The first kappa shape index (κ1) is 30.8. The molecule has 1 amide bonds. The van der Waals surface area contributed by atoms with Crippen LogP contribution in [0.2, 0.25) is 0 Å². The first-order valence-electron chi connectivity index (χ1n) is 15.9. The van der Waals surface area contributed by atoms with Gasteiger partial charge in [-0.2, -0.15) is 4.98 Å². The number of benzene rings is 2. The van der Waals surface area contributed by atoms with Gasteiger partial charge in [-0.15, -0.1) is 0 Å². The molecule has 8 heteroatoms. The van der Waals surface area contributed by atoms with E-state index in [-0.39, 0.29) is 24.5 Å². The second kappa shape index (κ2) is 14.7. The number of unbranched alkanes of at least 4 members (excludes halogenated alkanes) is 1. The third-order valence-corrected chi connectivity index (χ3v) is 8.44. The molecule has 0 spiro atoms. The first-order valence-corrected chi connectivity index (χ1v) is 15.9. The van der Waals surface area contributed by atoms with E-state index in [0.29, 0.717) is 43.5 Å². The van der Waals surface area contributed by atoms with Crippen molar-refractivity contribution >= 4 is 34.2 Å². The van der Waals surface area contributed by atoms with Gasteiger partial charge < -0.3 is 14.4 Å². The molecule has 0 bridgehead atoms. The molecule has 0 saturated carbocycles. The highest BCUT2D eigenvalue weighted by Gasteiger charge is 2.27. The number of pyridine rings is 1. The van der Waals surface area contributed by atoms with E-state index in [0.717, 1.165) is 57.5 Å². The Hall–Kier alpha value is -3.65. The van der Waals surface area contributed by atoms with Gasteiger partial charge in [-0.3, -0.25) is 19.4 Å². The molecule has 5 rings (SSSR count). The molecule has 3 aromatic rings. The molecule has 0 radical (unpaired) electrons. The van der Waals surface area contributed by atoms with E-state index < -0.39 is 0 Å². The average molecular weight is 587 g/mol. The summed E-state index contributed by atoms with van der Waals surface area (Å²) in [5.74, 6) is 1.45. The third-order valence-electron chi connectivity index (χ3n) is 8.44. The van der Waals surface area contributed by atoms with Crippen molar-refractivity contribution < 1.29 is 19.1 Å². The van der Waals surface area contributed by atoms with E-state index in [9.17, 15) is 9.59 Å². The molecule has 2 aromatic carbocycles. The maximum Gasteiger partial charge on any atom is 0.307 e. The average Bonchev–Trinajstić information content (AvgIpc) is 3.00. The molecule has 0 N–H and O–H groups in total. The molecule has 1 atom stereocenters. The second-order valence-corrected chi connectivity index (χ2v) is 12.4. The molecule has 3 heterocycles. The van der Waals surface area contributed by atoms with Gasteiger partial charge in [0.15, 0.2) is 6.73 Å². The number of aromatic nitrogens is 1. The third kappa shape index (κ3) is 8.25. The normalized spacial score (nSPS) is 16.4. The van der Waals surface area contributed by atoms with Crippen LogP contribution in [0.3, 0.4) is 0 Å². The van der Waals surface area contributed by atoms with Crippen molar-refractivity contribution in [1.29, 1.82) is 0 Å². The monoisotopic (exact) mass is 586 g/mol. The van der Waals surface area contributed by atoms with E-state index in [1.54, 1.807) is 0 Å². The number of fused-ring (bicyclic) bond motifs is 2. The number of esters is 1. The number of nitrogens with zero attached hydrogens (tertiary/aromatic N) is 4. The van der Waals surface area contributed by atoms with Gasteiger partial charge in [0.2, 0.25) is 11.8 Å². The molecule has 2 aliphatic heterocycles. The molecule has 1 aromatic heterocycles. The molecule has 230 valence electrons. The summed E-state index contributed by atoms with van der Waals surface area (Å²) in [5, 5.41) is 2.62. The van der Waals surface area contributed by atoms with Crippen molar-refractivity contribution in [1.82, 2.24) is 9.88 Å². The standard InChI is InChI=1S/C35H46N4O4/c1-26(2)23-27(3)24-34(41)43-25-39-33(40)16-14-29-13-15-32(36-35(29)39)42-22-7-6-17-37-18-20-38(21-19-37)31-12-8-10-28-9-4-5-11-30(28)31/h4-5,8-13,15,26-27H,6-7,14,16-25H2,1-3H3/t27-/m0/s1. The van der Waals surface area contributed by atoms with Crippen LogP contribution < -0.4 is 14.5 Å². The first-order chi connectivity index (χ1) is 20.9. The number of rotatable bonds is 13. The Morgan fingerprint density at radius 3 is 2.53 bits per heavy atom. The van der Waals surface area contributed by atoms with Gasteiger partial charge in [-0.1, -0.05) is 57.2 Å². The molecule has 1 fully saturated rings. The Kier molecular flexibility index (Phi) is 10.5. The Labute approximate surface area is 256 Å². The van der Waals surface area contributed by atoms with Gasteiger partial charge >= 0.3 is 5.97 Å². The Bertz CT molecular complexity index is 1380. The van der Waals surface area contributed by atoms with E-state index in [1.165, 1.54) is 21.4 Å². The summed E-state index contributed by atoms with van der Waals surface area (Å²) < 4.78 is 11.5. The van der Waals surface area contributed by atoms with E-state index >= 15 is 0 Å². The van der Waals surface area contributed by atoms with Crippen LogP contribution in [0.25, 0.3) is 10.8 Å². The highest BCUT2D eigenvalue weighted by Crippen LogP contribution is 2.29. The van der Waals surface area contributed by atoms with E-state index in [1.807, 2.05) is 12.1 Å². The predicted octanol–water partition coefficient (Wildman–Crippen LogP) is 6.07. The summed E-state index contributed by atoms with van der Waals surface area (Å²) in [7, 11) is 0. The number of anilines is 2. The number of ether oxygens (including phenoxy) is 2. The zero-order chi connectivity index (χ0) is 30.2. The summed E-state index contributed by atoms with van der Waals surface area (Å²) in [6, 6.07) is 19.0. The van der Waals surface area contributed by atoms with Crippen molar-refractivity contribution in [3.8, 4) is 5.88 Å². The Balaban J connectivity index is 1.05. The van der Waals surface area contributed by atoms with Crippen LogP contribution in [0.5, 0.6) is 5.88 Å². The smallest absolute Gasteiger partial charge is 0.307 e. The molecule has 8 nitrogen and oxygen atoms in total. The minimum absolute atomic E-state index is 0.0827. The number of piperazine rings is 1. The number of aryl methyl sites for hydroxylation is 1. The van der Waals surface area contributed by atoms with E-state index in [4.69, 9.17) is 9.47 Å². The van der Waals surface area contributed by atoms with Crippen LogP contribution in [0.1, 0.15) is 58.4 Å². The van der Waals surface area contributed by atoms with Gasteiger partial charge in [0, 0.05) is 56.2 Å². The molecule has 0 unspecified atom stereocenters. The van der Waals surface area contributed by atoms with Crippen molar-refractivity contribution in [2.75, 3.05) is 55.9 Å². The van der Waals surface area contributed by atoms with E-state index in [2.05, 4.69) is 78.0 Å². The number of hydrogen-bond acceptors (Lipinski definition) is 7. The SMILES string of the molecule is CC(C)C[C@H](C)CC(=O)OCN1C(=O)CCc2ccc(OCCCCN3CCN(c4cccc5ccccc45)CC3)nc21. The van der Waals surface area contributed by atoms with Gasteiger partial charge in [0.05, 0.1) is 6.61 Å². The van der Waals surface area contributed by atoms with Crippen LogP contribution >= 0.6 is 0 Å². The van der Waals surface area contributed by atoms with Crippen molar-refractivity contribution in [3.63, 3.8) is 0 Å². The number of carbonyl (C=O) groups is 2. The lowest BCUT2D eigenvalue weighted by Gasteiger charge is -2.36. The van der Waals surface area contributed by atoms with Gasteiger partial charge in [-0.25, -0.2) is 0 Å². The molecular formula is C35H46N4O4. The van der Waals surface area contributed by atoms with Crippen LogP contribution in [0.4, 0.5) is 11.5 Å². The minimum Gasteiger partial charge on any atom is -0.478 e. The summed E-state index contributed by atoms with van der Waals surface area (Å²) in [6.07, 6.45) is 4.30. The lowest BCUT2D eigenvalue weighted by Crippen LogP contribution is -2.46. The van der Waals surface area contributed by atoms with Crippen LogP contribution in [-0.2, 0) is 20.7 Å². The maximum atomic E-state index is 12.7. The molecular weight excluding hydrogens is 540 g/mol. The van der Waals surface area contributed by atoms with Crippen LogP contribution in [0.15, 0.2) is 54.6 Å². The van der Waals surface area contributed by atoms with Crippen molar-refractivity contribution in [2.45, 2.75) is 59.3 Å². The molecule has 43 heavy (non-hydrogen) atoms. The van der Waals surface area contributed by atoms with Crippen molar-refractivity contribution in [3.05, 3.63) is 60.2 Å². The summed E-state index contributed by atoms with van der Waals surface area (Å²) in [4.78, 5) is 36.3. The summed E-state index contributed by atoms with van der Waals surface area (Å²) in [5.41, 5.74) is 2.30. The highest BCUT2D eigenvalue weighted by molar-refractivity contribution is 5.95. The fourth-order valence-electron chi connectivity index (χ4n) is 6.28. The summed E-state index contributed by atoms with van der Waals surface area (Å²) >= 11 is 0. The lowest BCUT2D eigenvalue weighted by molar-refractivity contribution is -0.145. The summed E-state index contributed by atoms with van der Waals surface area (Å²) in [6.45, 7) is 12.0. The fourth-order valence-corrected chi connectivity index (χ4v) is 6.28. The quantitative estimate of drug-likeness (QED) is 0.178. The van der Waals surface area contributed by atoms with Gasteiger partial charge in [0.25, 0.3) is 0 Å². The number of hydrogen-bond donors (Lipinski definition) is 0. The zero-order valence-electron chi connectivity index (χ0n) is 26.0.